The first-order valence-electron chi connectivity index (χ1n) is 11.7. The van der Waals surface area contributed by atoms with Crippen molar-refractivity contribution in [2.24, 2.45) is 11.8 Å². The summed E-state index contributed by atoms with van der Waals surface area (Å²) in [5.74, 6) is -0.841. The number of halogens is 2. The predicted octanol–water partition coefficient (Wildman–Crippen LogP) is 5.04. The number of hydrogen-bond donors (Lipinski definition) is 0. The Labute approximate surface area is 197 Å². The van der Waals surface area contributed by atoms with Crippen LogP contribution in [0.15, 0.2) is 36.4 Å². The van der Waals surface area contributed by atoms with E-state index in [1.807, 2.05) is 4.90 Å². The van der Waals surface area contributed by atoms with Crippen LogP contribution in [0.4, 0.5) is 20.2 Å². The Morgan fingerprint density at radius 3 is 2.35 bits per heavy atom. The molecule has 1 amide bonds. The molecule has 2 aromatic carbocycles. The summed E-state index contributed by atoms with van der Waals surface area (Å²) in [4.78, 5) is 28.1. The summed E-state index contributed by atoms with van der Waals surface area (Å²) in [6.45, 7) is 6.54. The number of nitro groups is 1. The number of hydrogen-bond acceptors (Lipinski definition) is 5. The zero-order valence-electron chi connectivity index (χ0n) is 19.4. The van der Waals surface area contributed by atoms with E-state index in [9.17, 15) is 23.7 Å². The molecule has 2 aliphatic heterocycles. The molecule has 2 unspecified atom stereocenters. The second-order valence-electron chi connectivity index (χ2n) is 9.50. The number of anilines is 1. The van der Waals surface area contributed by atoms with Gasteiger partial charge in [0.2, 0.25) is 0 Å². The van der Waals surface area contributed by atoms with E-state index in [1.165, 1.54) is 12.1 Å². The van der Waals surface area contributed by atoms with Crippen LogP contribution in [0.3, 0.4) is 0 Å². The van der Waals surface area contributed by atoms with Gasteiger partial charge in [-0.15, -0.1) is 0 Å². The molecule has 0 bridgehead atoms. The fourth-order valence-corrected chi connectivity index (χ4v) is 5.04. The van der Waals surface area contributed by atoms with Crippen LogP contribution in [-0.4, -0.2) is 48.0 Å². The number of ether oxygens (including phenoxy) is 1. The van der Waals surface area contributed by atoms with E-state index in [2.05, 4.69) is 13.8 Å². The van der Waals surface area contributed by atoms with Crippen molar-refractivity contribution in [1.29, 1.82) is 0 Å². The molecule has 7 nitrogen and oxygen atoms in total. The Kier molecular flexibility index (Phi) is 7.00. The normalized spacial score (nSPS) is 21.4. The summed E-state index contributed by atoms with van der Waals surface area (Å²) < 4.78 is 32.6. The Morgan fingerprint density at radius 1 is 1.06 bits per heavy atom. The topological polar surface area (TPSA) is 75.9 Å². The third kappa shape index (κ3) is 5.29. The first kappa shape index (κ1) is 23.9. The van der Waals surface area contributed by atoms with E-state index >= 15 is 0 Å². The van der Waals surface area contributed by atoms with Gasteiger partial charge in [0.25, 0.3) is 11.6 Å². The van der Waals surface area contributed by atoms with Gasteiger partial charge in [0.1, 0.15) is 17.6 Å². The van der Waals surface area contributed by atoms with Crippen LogP contribution in [0.2, 0.25) is 0 Å². The molecular formula is C25H29F2N3O4. The molecule has 2 saturated heterocycles. The highest BCUT2D eigenvalue weighted by atomic mass is 19.1. The summed E-state index contributed by atoms with van der Waals surface area (Å²) in [5.41, 5.74) is 0.767. The molecule has 2 aromatic rings. The lowest BCUT2D eigenvalue weighted by molar-refractivity contribution is -0.384. The van der Waals surface area contributed by atoms with E-state index in [1.54, 1.807) is 17.0 Å². The number of nitro benzene ring substituents is 1. The van der Waals surface area contributed by atoms with Gasteiger partial charge in [0.05, 0.1) is 4.92 Å². The molecule has 2 atom stereocenters. The average molecular weight is 474 g/mol. The van der Waals surface area contributed by atoms with Crippen molar-refractivity contribution in [3.63, 3.8) is 0 Å². The highest BCUT2D eigenvalue weighted by Crippen LogP contribution is 2.34. The van der Waals surface area contributed by atoms with Gasteiger partial charge >= 0.3 is 0 Å². The quantitative estimate of drug-likeness (QED) is 0.449. The number of likely N-dealkylation sites (tertiary alicyclic amines) is 1. The molecule has 0 aliphatic carbocycles. The summed E-state index contributed by atoms with van der Waals surface area (Å²) in [6.07, 6.45) is 1.75. The zero-order valence-corrected chi connectivity index (χ0v) is 19.4. The maximum absolute atomic E-state index is 13.9. The van der Waals surface area contributed by atoms with Crippen molar-refractivity contribution in [3.8, 4) is 5.75 Å². The molecule has 0 spiro atoms. The summed E-state index contributed by atoms with van der Waals surface area (Å²) in [5, 5.41) is 11.8. The van der Waals surface area contributed by atoms with E-state index in [0.29, 0.717) is 43.5 Å². The summed E-state index contributed by atoms with van der Waals surface area (Å²) >= 11 is 0. The molecule has 9 heteroatoms. The lowest BCUT2D eigenvalue weighted by Gasteiger charge is -2.36. The molecule has 0 N–H and O–H groups in total. The molecule has 4 rings (SSSR count). The molecule has 34 heavy (non-hydrogen) atoms. The van der Waals surface area contributed by atoms with Crippen LogP contribution >= 0.6 is 0 Å². The Morgan fingerprint density at radius 2 is 1.74 bits per heavy atom. The lowest BCUT2D eigenvalue weighted by Crippen LogP contribution is -2.42. The smallest absolute Gasteiger partial charge is 0.293 e. The standard InChI is InChI=1S/C25H29F2N3O4/c1-16-11-17(2)15-29(14-16)22-5-3-18(12-23(22)30(32)33)25(31)28-9-7-20(8-10-28)34-24-6-4-19(26)13-21(24)27/h3-6,12-13,16-17,20H,7-11,14-15H2,1-2H3. The van der Waals surface area contributed by atoms with Crippen molar-refractivity contribution in [3.05, 3.63) is 63.7 Å². The van der Waals surface area contributed by atoms with Crippen LogP contribution in [0.25, 0.3) is 0 Å². The minimum Gasteiger partial charge on any atom is -0.487 e. The molecule has 2 fully saturated rings. The third-order valence-electron chi connectivity index (χ3n) is 6.55. The Bertz CT molecular complexity index is 1060. The van der Waals surface area contributed by atoms with Gasteiger partial charge in [0.15, 0.2) is 11.6 Å². The van der Waals surface area contributed by atoms with Gasteiger partial charge in [-0.1, -0.05) is 13.8 Å². The third-order valence-corrected chi connectivity index (χ3v) is 6.55. The number of rotatable bonds is 5. The predicted molar refractivity (Wildman–Crippen MR) is 124 cm³/mol. The second-order valence-corrected chi connectivity index (χ2v) is 9.50. The fraction of sp³-hybridized carbons (Fsp3) is 0.480. The van der Waals surface area contributed by atoms with Gasteiger partial charge < -0.3 is 14.5 Å². The molecule has 0 saturated carbocycles. The van der Waals surface area contributed by atoms with Crippen LogP contribution in [0.1, 0.15) is 43.5 Å². The summed E-state index contributed by atoms with van der Waals surface area (Å²) in [7, 11) is 0. The number of carbonyl (C=O) groups excluding carboxylic acids is 1. The average Bonchev–Trinajstić information content (AvgIpc) is 2.80. The number of nitrogens with zero attached hydrogens (tertiary/aromatic N) is 3. The number of benzene rings is 2. The van der Waals surface area contributed by atoms with Gasteiger partial charge in [-0.05, 0) is 42.5 Å². The van der Waals surface area contributed by atoms with Crippen LogP contribution in [0, 0.1) is 33.6 Å². The molecule has 0 aromatic heterocycles. The van der Waals surface area contributed by atoms with Crippen molar-refractivity contribution in [1.82, 2.24) is 4.90 Å². The van der Waals surface area contributed by atoms with Crippen molar-refractivity contribution in [2.75, 3.05) is 31.1 Å². The van der Waals surface area contributed by atoms with Crippen molar-refractivity contribution < 1.29 is 23.2 Å². The van der Waals surface area contributed by atoms with E-state index < -0.39 is 16.6 Å². The maximum Gasteiger partial charge on any atom is 0.293 e. The lowest BCUT2D eigenvalue weighted by atomic mass is 9.91. The van der Waals surface area contributed by atoms with Gasteiger partial charge in [-0.2, -0.15) is 0 Å². The fourth-order valence-electron chi connectivity index (χ4n) is 5.04. The van der Waals surface area contributed by atoms with E-state index in [0.717, 1.165) is 31.6 Å². The SMILES string of the molecule is CC1CC(C)CN(c2ccc(C(=O)N3CCC(Oc4ccc(F)cc4F)CC3)cc2[N+](=O)[O-])C1. The first-order chi connectivity index (χ1) is 16.2. The van der Waals surface area contributed by atoms with Gasteiger partial charge in [0, 0.05) is 56.7 Å². The molecule has 2 aliphatic rings. The van der Waals surface area contributed by atoms with Crippen molar-refractivity contribution in [2.45, 2.75) is 39.2 Å². The molecule has 0 radical (unpaired) electrons. The monoisotopic (exact) mass is 473 g/mol. The van der Waals surface area contributed by atoms with Crippen LogP contribution in [-0.2, 0) is 0 Å². The Balaban J connectivity index is 1.43. The minimum atomic E-state index is -0.761. The Hall–Kier alpha value is -3.23. The van der Waals surface area contributed by atoms with E-state index in [-0.39, 0.29) is 29.0 Å². The molecule has 182 valence electrons. The summed E-state index contributed by atoms with van der Waals surface area (Å²) in [6, 6.07) is 7.88. The zero-order chi connectivity index (χ0) is 24.4. The highest BCUT2D eigenvalue weighted by molar-refractivity contribution is 5.96. The van der Waals surface area contributed by atoms with E-state index in [4.69, 9.17) is 4.74 Å². The largest absolute Gasteiger partial charge is 0.487 e. The second kappa shape index (κ2) is 9.95. The van der Waals surface area contributed by atoms with Gasteiger partial charge in [-0.25, -0.2) is 8.78 Å². The highest BCUT2D eigenvalue weighted by Gasteiger charge is 2.30. The molecule has 2 heterocycles. The first-order valence-corrected chi connectivity index (χ1v) is 11.7. The van der Waals surface area contributed by atoms with Crippen LogP contribution < -0.4 is 9.64 Å². The maximum atomic E-state index is 13.9. The van der Waals surface area contributed by atoms with Gasteiger partial charge in [-0.3, -0.25) is 14.9 Å². The van der Waals surface area contributed by atoms with Crippen LogP contribution in [0.5, 0.6) is 5.75 Å². The number of amides is 1. The molecular weight excluding hydrogens is 444 g/mol. The minimum absolute atomic E-state index is 0.0151. The number of piperidine rings is 2. The van der Waals surface area contributed by atoms with Crippen molar-refractivity contribution >= 4 is 17.3 Å². The number of carbonyl (C=O) groups is 1.